The number of hydrogen-bond acceptors (Lipinski definition) is 3. The van der Waals surface area contributed by atoms with Crippen LogP contribution in [0.5, 0.6) is 5.75 Å². The fourth-order valence-electron chi connectivity index (χ4n) is 2.19. The molecule has 2 N–H and O–H groups in total. The zero-order valence-corrected chi connectivity index (χ0v) is 13.4. The van der Waals surface area contributed by atoms with Gasteiger partial charge in [0.1, 0.15) is 5.75 Å². The molecule has 2 rings (SSSR count). The van der Waals surface area contributed by atoms with Crippen molar-refractivity contribution in [1.82, 2.24) is 0 Å². The highest BCUT2D eigenvalue weighted by Crippen LogP contribution is 2.25. The van der Waals surface area contributed by atoms with Gasteiger partial charge >= 0.3 is 0 Å². The Morgan fingerprint density at radius 1 is 1.13 bits per heavy atom. The summed E-state index contributed by atoms with van der Waals surface area (Å²) in [6.45, 7) is 2.72. The molecule has 0 radical (unpaired) electrons. The molecule has 4 heteroatoms. The van der Waals surface area contributed by atoms with Crippen LogP contribution in [0.15, 0.2) is 54.6 Å². The molecule has 0 fully saturated rings. The maximum absolute atomic E-state index is 12.2. The molecule has 2 aromatic rings. The summed E-state index contributed by atoms with van der Waals surface area (Å²) in [5, 5.41) is 12.9. The zero-order chi connectivity index (χ0) is 16.5. The van der Waals surface area contributed by atoms with Crippen molar-refractivity contribution >= 4 is 11.6 Å². The topological polar surface area (TPSA) is 58.6 Å². The lowest BCUT2D eigenvalue weighted by atomic mass is 10.1. The maximum Gasteiger partial charge on any atom is 0.227 e. The first-order chi connectivity index (χ1) is 11.2. The summed E-state index contributed by atoms with van der Waals surface area (Å²) in [5.74, 6) is 0.413. The van der Waals surface area contributed by atoms with E-state index in [2.05, 4.69) is 12.2 Å². The van der Waals surface area contributed by atoms with Crippen molar-refractivity contribution in [1.29, 1.82) is 0 Å². The summed E-state index contributed by atoms with van der Waals surface area (Å²) >= 11 is 0. The molecule has 1 unspecified atom stereocenters. The summed E-state index contributed by atoms with van der Waals surface area (Å²) in [5.41, 5.74) is 1.36. The van der Waals surface area contributed by atoms with Crippen LogP contribution in [0.1, 0.15) is 37.9 Å². The van der Waals surface area contributed by atoms with E-state index in [1.54, 1.807) is 18.2 Å². The largest absolute Gasteiger partial charge is 0.491 e. The van der Waals surface area contributed by atoms with Gasteiger partial charge in [0.05, 0.1) is 24.8 Å². The van der Waals surface area contributed by atoms with Gasteiger partial charge in [-0.05, 0) is 24.1 Å². The van der Waals surface area contributed by atoms with Crippen LogP contribution < -0.4 is 10.1 Å². The molecule has 23 heavy (non-hydrogen) atoms. The van der Waals surface area contributed by atoms with E-state index < -0.39 is 6.10 Å². The van der Waals surface area contributed by atoms with Crippen molar-refractivity contribution < 1.29 is 14.6 Å². The molecule has 0 spiro atoms. The highest BCUT2D eigenvalue weighted by Gasteiger charge is 2.14. The average Bonchev–Trinajstić information content (AvgIpc) is 2.57. The molecule has 1 atom stereocenters. The van der Waals surface area contributed by atoms with Crippen LogP contribution in [0.2, 0.25) is 0 Å². The van der Waals surface area contributed by atoms with E-state index in [0.717, 1.165) is 18.4 Å². The van der Waals surface area contributed by atoms with Crippen molar-refractivity contribution in [2.24, 2.45) is 0 Å². The predicted octanol–water partition coefficient (Wildman–Crippen LogP) is 3.93. The smallest absolute Gasteiger partial charge is 0.227 e. The van der Waals surface area contributed by atoms with E-state index in [-0.39, 0.29) is 12.3 Å². The van der Waals surface area contributed by atoms with Crippen molar-refractivity contribution in [3.8, 4) is 5.75 Å². The van der Waals surface area contributed by atoms with Crippen LogP contribution in [0.4, 0.5) is 5.69 Å². The van der Waals surface area contributed by atoms with Crippen LogP contribution >= 0.6 is 0 Å². The molecule has 122 valence electrons. The van der Waals surface area contributed by atoms with E-state index in [1.165, 1.54) is 0 Å². The molecular formula is C19H23NO3. The second kappa shape index (κ2) is 8.96. The standard InChI is InChI=1S/C19H23NO3/c1-2-3-13-23-18-12-8-7-11-16(18)20-19(22)14-17(21)15-9-5-4-6-10-15/h4-12,17,21H,2-3,13-14H2,1H3,(H,20,22). The predicted molar refractivity (Wildman–Crippen MR) is 91.5 cm³/mol. The number of amides is 1. The molecule has 2 aromatic carbocycles. The van der Waals surface area contributed by atoms with Gasteiger partial charge in [0.15, 0.2) is 0 Å². The molecule has 0 saturated heterocycles. The van der Waals surface area contributed by atoms with Gasteiger partial charge in [0.2, 0.25) is 5.91 Å². The lowest BCUT2D eigenvalue weighted by Gasteiger charge is -2.14. The molecule has 0 aromatic heterocycles. The number of aliphatic hydroxyl groups excluding tert-OH is 1. The molecule has 0 heterocycles. The van der Waals surface area contributed by atoms with Gasteiger partial charge in [0, 0.05) is 0 Å². The number of carbonyl (C=O) groups is 1. The number of unbranched alkanes of at least 4 members (excludes halogenated alkanes) is 1. The molecule has 0 bridgehead atoms. The Balaban J connectivity index is 1.95. The average molecular weight is 313 g/mol. The molecule has 0 saturated carbocycles. The third-order valence-corrected chi connectivity index (χ3v) is 3.48. The Hall–Kier alpha value is -2.33. The van der Waals surface area contributed by atoms with Gasteiger partial charge in [-0.15, -0.1) is 0 Å². The first-order valence-electron chi connectivity index (χ1n) is 7.95. The van der Waals surface area contributed by atoms with E-state index in [9.17, 15) is 9.90 Å². The van der Waals surface area contributed by atoms with Crippen molar-refractivity contribution in [2.45, 2.75) is 32.3 Å². The molecule has 0 aliphatic carbocycles. The summed E-state index contributed by atoms with van der Waals surface area (Å²) < 4.78 is 5.69. The van der Waals surface area contributed by atoms with Gasteiger partial charge < -0.3 is 15.2 Å². The zero-order valence-electron chi connectivity index (χ0n) is 13.4. The number of hydrogen-bond donors (Lipinski definition) is 2. The Labute approximate surface area is 137 Å². The minimum Gasteiger partial charge on any atom is -0.491 e. The number of aliphatic hydroxyl groups is 1. The first-order valence-corrected chi connectivity index (χ1v) is 7.95. The van der Waals surface area contributed by atoms with Crippen LogP contribution in [0.25, 0.3) is 0 Å². The second-order valence-electron chi connectivity index (χ2n) is 5.38. The maximum atomic E-state index is 12.2. The molecule has 4 nitrogen and oxygen atoms in total. The van der Waals surface area contributed by atoms with Crippen LogP contribution in [-0.2, 0) is 4.79 Å². The van der Waals surface area contributed by atoms with Crippen molar-refractivity contribution in [3.05, 3.63) is 60.2 Å². The third kappa shape index (κ3) is 5.42. The summed E-state index contributed by atoms with van der Waals surface area (Å²) in [4.78, 5) is 12.2. The molecule has 0 aliphatic rings. The Bertz CT molecular complexity index is 613. The minimum absolute atomic E-state index is 0.00725. The van der Waals surface area contributed by atoms with E-state index >= 15 is 0 Å². The Morgan fingerprint density at radius 3 is 2.57 bits per heavy atom. The fraction of sp³-hybridized carbons (Fsp3) is 0.316. The molecule has 0 aliphatic heterocycles. The molecule has 1 amide bonds. The monoisotopic (exact) mass is 313 g/mol. The second-order valence-corrected chi connectivity index (χ2v) is 5.38. The van der Waals surface area contributed by atoms with Crippen molar-refractivity contribution in [2.75, 3.05) is 11.9 Å². The Kier molecular flexibility index (Phi) is 6.63. The van der Waals surface area contributed by atoms with Crippen LogP contribution in [0.3, 0.4) is 0 Å². The Morgan fingerprint density at radius 2 is 1.83 bits per heavy atom. The third-order valence-electron chi connectivity index (χ3n) is 3.48. The van der Waals surface area contributed by atoms with Gasteiger partial charge in [0.25, 0.3) is 0 Å². The lowest BCUT2D eigenvalue weighted by Crippen LogP contribution is -2.16. The number of benzene rings is 2. The lowest BCUT2D eigenvalue weighted by molar-refractivity contribution is -0.118. The van der Waals surface area contributed by atoms with Crippen LogP contribution in [-0.4, -0.2) is 17.6 Å². The number of rotatable bonds is 8. The molecular weight excluding hydrogens is 290 g/mol. The first kappa shape index (κ1) is 17.0. The number of anilines is 1. The fourth-order valence-corrected chi connectivity index (χ4v) is 2.19. The highest BCUT2D eigenvalue weighted by molar-refractivity contribution is 5.92. The van der Waals surface area contributed by atoms with E-state index in [0.29, 0.717) is 18.0 Å². The van der Waals surface area contributed by atoms with Gasteiger partial charge in [-0.1, -0.05) is 55.8 Å². The SMILES string of the molecule is CCCCOc1ccccc1NC(=O)CC(O)c1ccccc1. The number of nitrogens with one attached hydrogen (secondary N) is 1. The normalized spacial score (nSPS) is 11.7. The summed E-state index contributed by atoms with van der Waals surface area (Å²) in [6.07, 6.45) is 1.21. The summed E-state index contributed by atoms with van der Waals surface area (Å²) in [7, 11) is 0. The number of para-hydroxylation sites is 2. The quantitative estimate of drug-likeness (QED) is 0.726. The number of carbonyl (C=O) groups excluding carboxylic acids is 1. The number of ether oxygens (including phenoxy) is 1. The van der Waals surface area contributed by atoms with E-state index in [4.69, 9.17) is 4.74 Å². The van der Waals surface area contributed by atoms with Gasteiger partial charge in [-0.2, -0.15) is 0 Å². The minimum atomic E-state index is -0.815. The summed E-state index contributed by atoms with van der Waals surface area (Å²) in [6, 6.07) is 16.5. The van der Waals surface area contributed by atoms with Crippen LogP contribution in [0, 0.1) is 0 Å². The van der Waals surface area contributed by atoms with Crippen molar-refractivity contribution in [3.63, 3.8) is 0 Å². The highest BCUT2D eigenvalue weighted by atomic mass is 16.5. The van der Waals surface area contributed by atoms with Gasteiger partial charge in [-0.3, -0.25) is 4.79 Å². The van der Waals surface area contributed by atoms with E-state index in [1.807, 2.05) is 36.4 Å². The van der Waals surface area contributed by atoms with Gasteiger partial charge in [-0.25, -0.2) is 0 Å².